The van der Waals surface area contributed by atoms with Gasteiger partial charge in [0.15, 0.2) is 11.4 Å². The zero-order valence-electron chi connectivity index (χ0n) is 24.0. The minimum atomic E-state index is -1.31. The van der Waals surface area contributed by atoms with Gasteiger partial charge in [-0.15, -0.1) is 0 Å². The molecule has 2 heterocycles. The number of carbonyl (C=O) groups excluding carboxylic acids is 1. The fraction of sp³-hybridized carbons (Fsp3) is 0.581. The van der Waals surface area contributed by atoms with Crippen LogP contribution >= 0.6 is 0 Å². The van der Waals surface area contributed by atoms with E-state index < -0.39 is 41.3 Å². The van der Waals surface area contributed by atoms with Crippen LogP contribution in [0.3, 0.4) is 0 Å². The predicted molar refractivity (Wildman–Crippen MR) is 147 cm³/mol. The van der Waals surface area contributed by atoms with Crippen molar-refractivity contribution < 1.29 is 37.3 Å². The molecule has 3 aliphatic rings. The first-order valence-electron chi connectivity index (χ1n) is 14.3. The topological polar surface area (TPSA) is 78.5 Å². The summed E-state index contributed by atoms with van der Waals surface area (Å²) >= 11 is 0. The van der Waals surface area contributed by atoms with Crippen LogP contribution in [0, 0.1) is 18.6 Å². The monoisotopic (exact) mass is 574 g/mol. The molecule has 2 aliphatic heterocycles. The number of ether oxygens (including phenoxy) is 5. The van der Waals surface area contributed by atoms with Crippen molar-refractivity contribution in [2.24, 2.45) is 0 Å². The number of benzene rings is 2. The number of hydrogen-bond donors (Lipinski definition) is 1. The van der Waals surface area contributed by atoms with Crippen LogP contribution in [0.2, 0.25) is 0 Å². The summed E-state index contributed by atoms with van der Waals surface area (Å²) in [6, 6.07) is 11.6. The van der Waals surface area contributed by atoms with E-state index in [-0.39, 0.29) is 37.5 Å². The van der Waals surface area contributed by atoms with E-state index in [1.54, 1.807) is 13.8 Å². The Bertz CT molecular complexity index is 1190. The summed E-state index contributed by atoms with van der Waals surface area (Å²) in [5.74, 6) is -2.57. The summed E-state index contributed by atoms with van der Waals surface area (Å²) in [6.45, 7) is 9.61. The van der Waals surface area contributed by atoms with Crippen LogP contribution in [0.4, 0.5) is 8.78 Å². The number of morpholine rings is 1. The summed E-state index contributed by atoms with van der Waals surface area (Å²) in [7, 11) is 0. The maximum Gasteiger partial charge on any atom is 0.252 e. The number of carbonyl (C=O) groups is 1. The highest BCUT2D eigenvalue weighted by Gasteiger charge is 2.58. The lowest BCUT2D eigenvalue weighted by Crippen LogP contribution is -2.60. The normalized spacial score (nSPS) is 27.9. The van der Waals surface area contributed by atoms with Crippen molar-refractivity contribution >= 4 is 5.91 Å². The van der Waals surface area contributed by atoms with E-state index in [0.717, 1.165) is 24.2 Å². The van der Waals surface area contributed by atoms with Gasteiger partial charge in [-0.05, 0) is 44.0 Å². The molecule has 41 heavy (non-hydrogen) atoms. The molecule has 1 amide bonds. The fourth-order valence-corrected chi connectivity index (χ4v) is 5.87. The van der Waals surface area contributed by atoms with Crippen molar-refractivity contribution in [3.63, 3.8) is 0 Å². The molecule has 1 saturated carbocycles. The number of nitrogens with one attached hydrogen (secondary N) is 1. The molecular formula is C31H40F2N2O6. The molecule has 224 valence electrons. The van der Waals surface area contributed by atoms with Gasteiger partial charge in [0.2, 0.25) is 0 Å². The number of amides is 1. The molecule has 2 aromatic carbocycles. The molecule has 5 rings (SSSR count). The quantitative estimate of drug-likeness (QED) is 0.462. The molecule has 3 fully saturated rings. The molecule has 10 heteroatoms. The maximum atomic E-state index is 14.4. The Labute approximate surface area is 240 Å². The van der Waals surface area contributed by atoms with Crippen molar-refractivity contribution in [3.05, 3.63) is 70.8 Å². The molecule has 0 bridgehead atoms. The lowest BCUT2D eigenvalue weighted by molar-refractivity contribution is -0.183. The Morgan fingerprint density at radius 3 is 2.49 bits per heavy atom. The highest BCUT2D eigenvalue weighted by atomic mass is 19.1. The first-order valence-corrected chi connectivity index (χ1v) is 14.3. The Morgan fingerprint density at radius 2 is 1.76 bits per heavy atom. The molecule has 0 radical (unpaired) electrons. The van der Waals surface area contributed by atoms with Crippen LogP contribution in [-0.4, -0.2) is 79.9 Å². The maximum absolute atomic E-state index is 14.4. The number of aryl methyl sites for hydroxylation is 1. The molecule has 1 N–H and O–H groups in total. The Hall–Kier alpha value is -2.47. The molecule has 2 aromatic rings. The molecule has 1 unspecified atom stereocenters. The van der Waals surface area contributed by atoms with E-state index in [1.165, 1.54) is 18.2 Å². The van der Waals surface area contributed by atoms with Gasteiger partial charge in [-0.3, -0.25) is 9.69 Å². The summed E-state index contributed by atoms with van der Waals surface area (Å²) in [4.78, 5) is 16.2. The van der Waals surface area contributed by atoms with Gasteiger partial charge in [0.05, 0.1) is 38.6 Å². The number of hydrogen-bond acceptors (Lipinski definition) is 7. The zero-order chi connectivity index (χ0) is 29.0. The van der Waals surface area contributed by atoms with Gasteiger partial charge in [0.25, 0.3) is 5.91 Å². The van der Waals surface area contributed by atoms with Gasteiger partial charge in [0, 0.05) is 44.6 Å². The summed E-state index contributed by atoms with van der Waals surface area (Å²) < 4.78 is 59.4. The van der Waals surface area contributed by atoms with E-state index >= 15 is 0 Å². The lowest BCUT2D eigenvalue weighted by atomic mass is 9.78. The van der Waals surface area contributed by atoms with Crippen LogP contribution in [0.15, 0.2) is 42.5 Å². The van der Waals surface area contributed by atoms with Crippen LogP contribution in [-0.2, 0) is 41.7 Å². The number of nitrogens with zero attached hydrogens (tertiary/aromatic N) is 1. The summed E-state index contributed by atoms with van der Waals surface area (Å²) in [6.07, 6.45) is -1.37. The standard InChI is InChI=1S/C31H40F2N2O6/c1-21-7-4-5-8-22(21)19-39-31(29(36)34-11-12-35-13-15-37-16-14-35)17-26(28-27(18-31)40-30(2,3)41-28)38-20-23-24(32)9-6-10-25(23)33/h4-10,26-28H,11-20H2,1-3H3,(H,34,36)/t26?,27-,28+,31-/m1/s1. The van der Waals surface area contributed by atoms with Gasteiger partial charge in [-0.25, -0.2) is 8.78 Å². The van der Waals surface area contributed by atoms with Crippen molar-refractivity contribution in [3.8, 4) is 0 Å². The third kappa shape index (κ3) is 7.13. The second-order valence-corrected chi connectivity index (χ2v) is 11.5. The predicted octanol–water partition coefficient (Wildman–Crippen LogP) is 3.88. The first-order chi connectivity index (χ1) is 19.7. The highest BCUT2D eigenvalue weighted by molar-refractivity contribution is 5.85. The average molecular weight is 575 g/mol. The zero-order valence-corrected chi connectivity index (χ0v) is 24.0. The van der Waals surface area contributed by atoms with E-state index in [4.69, 9.17) is 23.7 Å². The highest BCUT2D eigenvalue weighted by Crippen LogP contribution is 2.44. The Morgan fingerprint density at radius 1 is 1.02 bits per heavy atom. The SMILES string of the molecule is Cc1ccccc1CO[C@]1(C(=O)NCCN2CCOCC2)CC(OCc2c(F)cccc2F)[C@@H]2OC(C)(C)O[C@@H]2C1. The van der Waals surface area contributed by atoms with Gasteiger partial charge in [0.1, 0.15) is 17.7 Å². The van der Waals surface area contributed by atoms with Crippen molar-refractivity contribution in [2.75, 3.05) is 39.4 Å². The minimum absolute atomic E-state index is 0.138. The van der Waals surface area contributed by atoms with Gasteiger partial charge >= 0.3 is 0 Å². The van der Waals surface area contributed by atoms with E-state index in [2.05, 4.69) is 10.2 Å². The second-order valence-electron chi connectivity index (χ2n) is 11.5. The van der Waals surface area contributed by atoms with Crippen molar-refractivity contribution in [2.45, 2.75) is 76.5 Å². The number of rotatable bonds is 10. The number of fused-ring (bicyclic) bond motifs is 1. The number of halogens is 2. The van der Waals surface area contributed by atoms with Crippen LogP contribution < -0.4 is 5.32 Å². The van der Waals surface area contributed by atoms with Crippen LogP contribution in [0.1, 0.15) is 43.4 Å². The molecule has 2 saturated heterocycles. The van der Waals surface area contributed by atoms with Crippen molar-refractivity contribution in [1.29, 1.82) is 0 Å². The average Bonchev–Trinajstić information content (AvgIpc) is 3.26. The molecule has 0 aromatic heterocycles. The summed E-state index contributed by atoms with van der Waals surface area (Å²) in [5, 5.41) is 3.09. The Balaban J connectivity index is 1.38. The smallest absolute Gasteiger partial charge is 0.252 e. The fourth-order valence-electron chi connectivity index (χ4n) is 5.87. The second kappa shape index (κ2) is 12.8. The molecule has 0 spiro atoms. The minimum Gasteiger partial charge on any atom is -0.379 e. The van der Waals surface area contributed by atoms with Crippen molar-refractivity contribution in [1.82, 2.24) is 10.2 Å². The third-order valence-electron chi connectivity index (χ3n) is 8.15. The van der Waals surface area contributed by atoms with Gasteiger partial charge in [-0.2, -0.15) is 0 Å². The molecule has 8 nitrogen and oxygen atoms in total. The van der Waals surface area contributed by atoms with E-state index in [0.29, 0.717) is 26.3 Å². The first kappa shape index (κ1) is 30.0. The lowest BCUT2D eigenvalue weighted by Gasteiger charge is -2.43. The largest absolute Gasteiger partial charge is 0.379 e. The molecule has 1 aliphatic carbocycles. The molecular weight excluding hydrogens is 534 g/mol. The van der Waals surface area contributed by atoms with Gasteiger partial charge < -0.3 is 29.0 Å². The van der Waals surface area contributed by atoms with Crippen LogP contribution in [0.5, 0.6) is 0 Å². The van der Waals surface area contributed by atoms with Gasteiger partial charge in [-0.1, -0.05) is 30.3 Å². The third-order valence-corrected chi connectivity index (χ3v) is 8.15. The van der Waals surface area contributed by atoms with E-state index in [9.17, 15) is 13.6 Å². The molecule has 4 atom stereocenters. The Kier molecular flexibility index (Phi) is 9.37. The van der Waals surface area contributed by atoms with E-state index in [1.807, 2.05) is 31.2 Å². The summed E-state index contributed by atoms with van der Waals surface area (Å²) in [5.41, 5.74) is 0.532. The van der Waals surface area contributed by atoms with Crippen LogP contribution in [0.25, 0.3) is 0 Å².